The molecule has 1 N–H and O–H groups in total. The Morgan fingerprint density at radius 2 is 1.71 bits per heavy atom. The zero-order chi connectivity index (χ0) is 22.0. The molecular weight excluding hydrogens is 414 g/mol. The van der Waals surface area contributed by atoms with Crippen LogP contribution in [-0.2, 0) is 22.6 Å². The van der Waals surface area contributed by atoms with Gasteiger partial charge in [0.05, 0.1) is 32.3 Å². The van der Waals surface area contributed by atoms with Gasteiger partial charge in [0.15, 0.2) is 0 Å². The molecule has 0 spiro atoms. The topological polar surface area (TPSA) is 81.0 Å². The van der Waals surface area contributed by atoms with E-state index in [-0.39, 0.29) is 12.1 Å². The molecular formula is C23H29N3O4S. The Morgan fingerprint density at radius 3 is 2.23 bits per heavy atom. The zero-order valence-electron chi connectivity index (χ0n) is 17.9. The fourth-order valence-electron chi connectivity index (χ4n) is 4.61. The van der Waals surface area contributed by atoms with E-state index in [1.165, 1.54) is 7.11 Å². The van der Waals surface area contributed by atoms with Crippen molar-refractivity contribution in [3.05, 3.63) is 48.5 Å². The quantitative estimate of drug-likeness (QED) is 0.593. The molecule has 0 bridgehead atoms. The lowest BCUT2D eigenvalue weighted by molar-refractivity contribution is 0.0832. The highest BCUT2D eigenvalue weighted by Gasteiger charge is 2.33. The minimum atomic E-state index is -1.22. The fraction of sp³-hybridized carbons (Fsp3) is 0.435. The number of hydrogen-bond acceptors (Lipinski definition) is 5. The maximum atomic E-state index is 12.5. The number of aliphatic hydroxyl groups excluding tert-OH is 1. The summed E-state index contributed by atoms with van der Waals surface area (Å²) in [6.07, 6.45) is 2.06. The van der Waals surface area contributed by atoms with Gasteiger partial charge in [-0.3, -0.25) is 0 Å². The molecule has 1 fully saturated rings. The molecule has 2 heterocycles. The summed E-state index contributed by atoms with van der Waals surface area (Å²) in [6, 6.07) is 16.5. The third-order valence-electron chi connectivity index (χ3n) is 6.10. The van der Waals surface area contributed by atoms with E-state index >= 15 is 0 Å². The van der Waals surface area contributed by atoms with Crippen LogP contribution in [0.25, 0.3) is 21.8 Å². The number of para-hydroxylation sites is 2. The van der Waals surface area contributed by atoms with Gasteiger partial charge in [0.1, 0.15) is 6.26 Å². The van der Waals surface area contributed by atoms with Crippen LogP contribution in [-0.4, -0.2) is 74.7 Å². The number of aromatic nitrogens is 1. The van der Waals surface area contributed by atoms with Crippen LogP contribution in [0.4, 0.5) is 4.79 Å². The van der Waals surface area contributed by atoms with Crippen molar-refractivity contribution in [1.29, 1.82) is 0 Å². The van der Waals surface area contributed by atoms with Crippen LogP contribution in [0.2, 0.25) is 0 Å². The molecule has 2 aromatic carbocycles. The van der Waals surface area contributed by atoms with Crippen molar-refractivity contribution in [2.75, 3.05) is 33.0 Å². The first-order chi connectivity index (χ1) is 15.0. The lowest BCUT2D eigenvalue weighted by Gasteiger charge is -2.37. The molecule has 0 aliphatic carbocycles. The van der Waals surface area contributed by atoms with E-state index in [0.29, 0.717) is 39.0 Å². The Labute approximate surface area is 185 Å². The van der Waals surface area contributed by atoms with Crippen LogP contribution in [0.15, 0.2) is 48.5 Å². The monoisotopic (exact) mass is 443 g/mol. The molecule has 2 unspecified atom stereocenters. The van der Waals surface area contributed by atoms with Crippen molar-refractivity contribution in [2.45, 2.75) is 31.5 Å². The van der Waals surface area contributed by atoms with Crippen LogP contribution in [0.3, 0.4) is 0 Å². The second kappa shape index (κ2) is 9.48. The highest BCUT2D eigenvalue weighted by molar-refractivity contribution is 7.88. The van der Waals surface area contributed by atoms with Crippen LogP contribution < -0.4 is 0 Å². The summed E-state index contributed by atoms with van der Waals surface area (Å²) in [6.45, 7) is 1.86. The number of nitrogens with zero attached hydrogens (tertiary/aromatic N) is 3. The number of carbonyl (C=O) groups is 1. The van der Waals surface area contributed by atoms with Crippen molar-refractivity contribution in [2.24, 2.45) is 0 Å². The molecule has 0 radical (unpaired) electrons. The fourth-order valence-corrected chi connectivity index (χ4v) is 5.62. The van der Waals surface area contributed by atoms with E-state index in [1.54, 1.807) is 11.2 Å². The number of benzene rings is 2. The minimum absolute atomic E-state index is 0.0551. The molecule has 3 aromatic rings. The maximum Gasteiger partial charge on any atom is 0.409 e. The van der Waals surface area contributed by atoms with Gasteiger partial charge in [-0.2, -0.15) is 0 Å². The number of piperidine rings is 1. The number of likely N-dealkylation sites (tertiary alicyclic amines) is 1. The number of carbonyl (C=O) groups excluding carboxylic acids is 1. The number of ether oxygens (including phenoxy) is 1. The normalized spacial score (nSPS) is 17.4. The highest BCUT2D eigenvalue weighted by atomic mass is 32.2. The molecule has 2 atom stereocenters. The third kappa shape index (κ3) is 4.52. The Morgan fingerprint density at radius 1 is 1.16 bits per heavy atom. The number of amides is 1. The minimum Gasteiger partial charge on any atom is -0.598 e. The summed E-state index contributed by atoms with van der Waals surface area (Å²) in [7, 11) is 1.38. The third-order valence-corrected chi connectivity index (χ3v) is 7.21. The van der Waals surface area contributed by atoms with Crippen molar-refractivity contribution in [3.8, 4) is 0 Å². The molecule has 1 aliphatic rings. The van der Waals surface area contributed by atoms with Gasteiger partial charge in [0, 0.05) is 46.3 Å². The Kier molecular flexibility index (Phi) is 6.71. The predicted molar refractivity (Wildman–Crippen MR) is 123 cm³/mol. The second-order valence-electron chi connectivity index (χ2n) is 8.01. The summed E-state index contributed by atoms with van der Waals surface area (Å²) in [5, 5.41) is 13.3. The van der Waals surface area contributed by atoms with E-state index in [1.807, 2.05) is 28.6 Å². The van der Waals surface area contributed by atoms with Gasteiger partial charge >= 0.3 is 6.09 Å². The first-order valence-electron chi connectivity index (χ1n) is 10.6. The number of hydrogen-bond donors (Lipinski definition) is 1. The van der Waals surface area contributed by atoms with Gasteiger partial charge in [-0.05, 0) is 25.0 Å². The number of fused-ring (bicyclic) bond motifs is 3. The Hall–Kier alpha value is -2.26. The Bertz CT molecular complexity index is 992. The Balaban J connectivity index is 1.49. The summed E-state index contributed by atoms with van der Waals surface area (Å²) in [5.74, 6) is 0. The van der Waals surface area contributed by atoms with E-state index in [9.17, 15) is 14.5 Å². The molecule has 1 aliphatic heterocycles. The van der Waals surface area contributed by atoms with E-state index < -0.39 is 17.5 Å². The van der Waals surface area contributed by atoms with Crippen LogP contribution >= 0.6 is 0 Å². The van der Waals surface area contributed by atoms with Gasteiger partial charge in [-0.25, -0.2) is 4.79 Å². The molecule has 0 saturated carbocycles. The molecule has 1 saturated heterocycles. The predicted octanol–water partition coefficient (Wildman–Crippen LogP) is 2.98. The summed E-state index contributed by atoms with van der Waals surface area (Å²) in [5.41, 5.74) is 2.16. The molecule has 8 heteroatoms. The molecule has 166 valence electrons. The molecule has 7 nitrogen and oxygen atoms in total. The maximum absolute atomic E-state index is 12.5. The summed E-state index contributed by atoms with van der Waals surface area (Å²) < 4.78 is 21.3. The highest BCUT2D eigenvalue weighted by Crippen LogP contribution is 2.29. The lowest BCUT2D eigenvalue weighted by atomic mass is 10.1. The second-order valence-corrected chi connectivity index (χ2v) is 9.33. The summed E-state index contributed by atoms with van der Waals surface area (Å²) >= 11 is -1.22. The molecule has 1 aromatic heterocycles. The van der Waals surface area contributed by atoms with Crippen molar-refractivity contribution in [1.82, 2.24) is 13.8 Å². The van der Waals surface area contributed by atoms with Gasteiger partial charge in [0.2, 0.25) is 0 Å². The smallest absolute Gasteiger partial charge is 0.409 e. The number of methoxy groups -OCH3 is 1. The molecule has 4 rings (SSSR count). The van der Waals surface area contributed by atoms with Crippen molar-refractivity contribution in [3.63, 3.8) is 0 Å². The first-order valence-corrected chi connectivity index (χ1v) is 12.1. The standard InChI is InChI=1S/C23H29N3O4S/c1-30-23(28)24-13-11-17(12-14-24)26(31(2)29)16-18(27)15-25-21-9-5-3-7-19(21)20-8-4-6-10-22(20)25/h3-10,17-18,27H,11-16H2,1-2H3. The van der Waals surface area contributed by atoms with E-state index in [0.717, 1.165) is 21.8 Å². The van der Waals surface area contributed by atoms with Gasteiger partial charge in [-0.1, -0.05) is 36.4 Å². The van der Waals surface area contributed by atoms with Crippen molar-refractivity contribution >= 4 is 39.3 Å². The van der Waals surface area contributed by atoms with E-state index in [4.69, 9.17) is 4.74 Å². The number of rotatable bonds is 6. The van der Waals surface area contributed by atoms with Crippen LogP contribution in [0.1, 0.15) is 12.8 Å². The molecule has 31 heavy (non-hydrogen) atoms. The first kappa shape index (κ1) is 22.0. The average Bonchev–Trinajstić information content (AvgIpc) is 3.11. The van der Waals surface area contributed by atoms with Gasteiger partial charge in [0.25, 0.3) is 0 Å². The van der Waals surface area contributed by atoms with Gasteiger partial charge in [-0.15, -0.1) is 4.31 Å². The largest absolute Gasteiger partial charge is 0.598 e. The van der Waals surface area contributed by atoms with Crippen LogP contribution in [0.5, 0.6) is 0 Å². The average molecular weight is 444 g/mol. The SMILES string of the molecule is COC(=O)N1CCC(N(CC(O)Cn2c3ccccc3c3ccccc32)[S+](C)[O-])CC1. The van der Waals surface area contributed by atoms with Crippen molar-refractivity contribution < 1.29 is 19.2 Å². The zero-order valence-corrected chi connectivity index (χ0v) is 18.8. The van der Waals surface area contributed by atoms with Crippen LogP contribution in [0, 0.1) is 0 Å². The molecule has 1 amide bonds. The van der Waals surface area contributed by atoms with E-state index in [2.05, 4.69) is 28.8 Å². The number of aliphatic hydroxyl groups is 1. The lowest BCUT2D eigenvalue weighted by Crippen LogP contribution is -2.50. The summed E-state index contributed by atoms with van der Waals surface area (Å²) in [4.78, 5) is 13.4. The van der Waals surface area contributed by atoms with Gasteiger partial charge < -0.3 is 23.9 Å².